The molecule has 7 heteroatoms. The van der Waals surface area contributed by atoms with Crippen molar-refractivity contribution in [2.24, 2.45) is 0 Å². The first-order valence-electron chi connectivity index (χ1n) is 8.14. The van der Waals surface area contributed by atoms with E-state index in [0.29, 0.717) is 30.9 Å². The number of urea groups is 1. The van der Waals surface area contributed by atoms with Gasteiger partial charge in [0.05, 0.1) is 31.0 Å². The third kappa shape index (κ3) is 5.06. The van der Waals surface area contributed by atoms with Crippen LogP contribution < -0.4 is 5.32 Å². The number of methoxy groups -OCH3 is 1. The molecule has 2 rings (SSSR count). The molecule has 0 bridgehead atoms. The van der Waals surface area contributed by atoms with Gasteiger partial charge >= 0.3 is 6.03 Å². The Morgan fingerprint density at radius 3 is 2.92 bits per heavy atom. The van der Waals surface area contributed by atoms with Gasteiger partial charge in [-0.15, -0.1) is 0 Å². The molecule has 1 aromatic heterocycles. The van der Waals surface area contributed by atoms with Gasteiger partial charge in [0.1, 0.15) is 0 Å². The number of benzene rings is 1. The van der Waals surface area contributed by atoms with Crippen molar-refractivity contribution < 1.29 is 9.53 Å². The first kappa shape index (κ1) is 18.5. The average Bonchev–Trinajstić information content (AvgIpc) is 3.07. The van der Waals surface area contributed by atoms with Crippen LogP contribution in [0.2, 0.25) is 0 Å². The third-order valence-electron chi connectivity index (χ3n) is 3.85. The molecule has 1 aromatic carbocycles. The quantitative estimate of drug-likeness (QED) is 0.839. The van der Waals surface area contributed by atoms with Crippen molar-refractivity contribution in [2.45, 2.75) is 26.9 Å². The van der Waals surface area contributed by atoms with Gasteiger partial charge in [0.25, 0.3) is 0 Å². The van der Waals surface area contributed by atoms with Gasteiger partial charge in [-0.05, 0) is 31.5 Å². The highest BCUT2D eigenvalue weighted by molar-refractivity contribution is 5.89. The second-order valence-electron chi connectivity index (χ2n) is 5.69. The summed E-state index contributed by atoms with van der Waals surface area (Å²) in [6.07, 6.45) is 3.68. The fraction of sp³-hybridized carbons (Fsp3) is 0.389. The zero-order valence-electron chi connectivity index (χ0n) is 14.8. The topological polar surface area (TPSA) is 83.2 Å². The van der Waals surface area contributed by atoms with Crippen molar-refractivity contribution in [1.29, 1.82) is 5.26 Å². The van der Waals surface area contributed by atoms with Gasteiger partial charge in [0, 0.05) is 37.6 Å². The van der Waals surface area contributed by atoms with Crippen LogP contribution in [-0.2, 0) is 17.8 Å². The molecule has 0 spiro atoms. The third-order valence-corrected chi connectivity index (χ3v) is 3.85. The first-order chi connectivity index (χ1) is 12.1. The Morgan fingerprint density at radius 2 is 2.28 bits per heavy atom. The van der Waals surface area contributed by atoms with Crippen LogP contribution >= 0.6 is 0 Å². The van der Waals surface area contributed by atoms with Crippen LogP contribution in [0.3, 0.4) is 0 Å². The molecule has 0 aliphatic rings. The smallest absolute Gasteiger partial charge is 0.322 e. The van der Waals surface area contributed by atoms with Gasteiger partial charge in [-0.25, -0.2) is 4.79 Å². The minimum absolute atomic E-state index is 0.242. The molecule has 0 atom stereocenters. The van der Waals surface area contributed by atoms with Crippen LogP contribution in [0, 0.1) is 18.3 Å². The minimum Gasteiger partial charge on any atom is -0.383 e. The monoisotopic (exact) mass is 341 g/mol. The number of aryl methyl sites for hydroxylation is 2. The van der Waals surface area contributed by atoms with Crippen LogP contribution in [0.15, 0.2) is 30.6 Å². The molecular formula is C18H23N5O2. The Bertz CT molecular complexity index is 763. The van der Waals surface area contributed by atoms with Gasteiger partial charge in [-0.2, -0.15) is 10.4 Å². The van der Waals surface area contributed by atoms with Crippen molar-refractivity contribution in [2.75, 3.05) is 25.6 Å². The van der Waals surface area contributed by atoms with E-state index in [0.717, 1.165) is 17.7 Å². The summed E-state index contributed by atoms with van der Waals surface area (Å²) >= 11 is 0. The van der Waals surface area contributed by atoms with Crippen molar-refractivity contribution in [3.8, 4) is 6.07 Å². The number of aromatic nitrogens is 2. The first-order valence-corrected chi connectivity index (χ1v) is 8.14. The van der Waals surface area contributed by atoms with E-state index in [1.165, 1.54) is 0 Å². The summed E-state index contributed by atoms with van der Waals surface area (Å²) < 4.78 is 6.92. The molecule has 0 fully saturated rings. The highest BCUT2D eigenvalue weighted by atomic mass is 16.5. The van der Waals surface area contributed by atoms with Gasteiger partial charge in [0.2, 0.25) is 0 Å². The van der Waals surface area contributed by atoms with Crippen LogP contribution in [-0.4, -0.2) is 41.0 Å². The predicted octanol–water partition coefficient (Wildman–Crippen LogP) is 2.76. The molecule has 0 aliphatic carbocycles. The molecular weight excluding hydrogens is 318 g/mol. The molecule has 0 saturated carbocycles. The molecule has 2 aromatic rings. The van der Waals surface area contributed by atoms with E-state index < -0.39 is 0 Å². The summed E-state index contributed by atoms with van der Waals surface area (Å²) in [5, 5.41) is 16.2. The maximum absolute atomic E-state index is 12.6. The largest absolute Gasteiger partial charge is 0.383 e. The summed E-state index contributed by atoms with van der Waals surface area (Å²) in [6, 6.07) is 7.17. The normalized spacial score (nSPS) is 10.3. The summed E-state index contributed by atoms with van der Waals surface area (Å²) in [5.41, 5.74) is 2.97. The Labute approximate surface area is 147 Å². The van der Waals surface area contributed by atoms with Crippen molar-refractivity contribution in [1.82, 2.24) is 14.7 Å². The number of carbonyl (C=O) groups excluding carboxylic acids is 1. The van der Waals surface area contributed by atoms with Crippen LogP contribution in [0.4, 0.5) is 10.5 Å². The standard InChI is InChI=1S/C18H23N5O2/c1-4-23-13-15(11-20-23)12-22(7-8-25-3)18(24)21-17-6-5-14(2)16(9-17)10-19/h5-6,9,11,13H,4,7-8,12H2,1-3H3,(H,21,24). The summed E-state index contributed by atoms with van der Waals surface area (Å²) in [6.45, 7) is 5.98. The van der Waals surface area contributed by atoms with Crippen LogP contribution in [0.25, 0.3) is 0 Å². The van der Waals surface area contributed by atoms with E-state index in [1.807, 2.05) is 30.8 Å². The number of carbonyl (C=O) groups is 1. The number of ether oxygens (including phenoxy) is 1. The van der Waals surface area contributed by atoms with E-state index in [9.17, 15) is 4.79 Å². The van der Waals surface area contributed by atoms with E-state index in [1.54, 1.807) is 30.3 Å². The zero-order valence-corrected chi connectivity index (χ0v) is 14.8. The second kappa shape index (κ2) is 8.85. The SMILES string of the molecule is CCn1cc(CN(CCOC)C(=O)Nc2ccc(C)c(C#N)c2)cn1. The maximum atomic E-state index is 12.6. The van der Waals surface area contributed by atoms with E-state index >= 15 is 0 Å². The molecule has 1 heterocycles. The molecule has 25 heavy (non-hydrogen) atoms. The zero-order chi connectivity index (χ0) is 18.2. The van der Waals surface area contributed by atoms with E-state index in [4.69, 9.17) is 10.00 Å². The number of anilines is 1. The molecule has 0 saturated heterocycles. The van der Waals surface area contributed by atoms with Crippen LogP contribution in [0.5, 0.6) is 0 Å². The molecule has 0 aliphatic heterocycles. The second-order valence-corrected chi connectivity index (χ2v) is 5.69. The maximum Gasteiger partial charge on any atom is 0.322 e. The number of nitrogens with one attached hydrogen (secondary N) is 1. The number of amides is 2. The van der Waals surface area contributed by atoms with Crippen molar-refractivity contribution in [3.63, 3.8) is 0 Å². The summed E-state index contributed by atoms with van der Waals surface area (Å²) in [4.78, 5) is 14.3. The van der Waals surface area contributed by atoms with Gasteiger partial charge in [0.15, 0.2) is 0 Å². The van der Waals surface area contributed by atoms with Crippen molar-refractivity contribution >= 4 is 11.7 Å². The number of hydrogen-bond acceptors (Lipinski definition) is 4. The van der Waals surface area contributed by atoms with Gasteiger partial charge < -0.3 is 15.0 Å². The van der Waals surface area contributed by atoms with Crippen molar-refractivity contribution in [3.05, 3.63) is 47.3 Å². The van der Waals surface area contributed by atoms with E-state index in [2.05, 4.69) is 16.5 Å². The molecule has 7 nitrogen and oxygen atoms in total. The van der Waals surface area contributed by atoms with Gasteiger partial charge in [-0.3, -0.25) is 4.68 Å². The molecule has 0 radical (unpaired) electrons. The summed E-state index contributed by atoms with van der Waals surface area (Å²) in [5.74, 6) is 0. The lowest BCUT2D eigenvalue weighted by Gasteiger charge is -2.22. The number of hydrogen-bond donors (Lipinski definition) is 1. The fourth-order valence-corrected chi connectivity index (χ4v) is 2.36. The summed E-state index contributed by atoms with van der Waals surface area (Å²) in [7, 11) is 1.60. The Kier molecular flexibility index (Phi) is 6.54. The van der Waals surface area contributed by atoms with Crippen LogP contribution in [0.1, 0.15) is 23.6 Å². The lowest BCUT2D eigenvalue weighted by Crippen LogP contribution is -2.36. The number of nitriles is 1. The van der Waals surface area contributed by atoms with Gasteiger partial charge in [-0.1, -0.05) is 6.07 Å². The fourth-order valence-electron chi connectivity index (χ4n) is 2.36. The number of nitrogens with zero attached hydrogens (tertiary/aromatic N) is 4. The van der Waals surface area contributed by atoms with E-state index in [-0.39, 0.29) is 6.03 Å². The predicted molar refractivity (Wildman–Crippen MR) is 95.1 cm³/mol. The number of rotatable bonds is 7. The molecule has 132 valence electrons. The highest BCUT2D eigenvalue weighted by Gasteiger charge is 2.15. The average molecular weight is 341 g/mol. The highest BCUT2D eigenvalue weighted by Crippen LogP contribution is 2.15. The lowest BCUT2D eigenvalue weighted by atomic mass is 10.1. The Morgan fingerprint density at radius 1 is 1.48 bits per heavy atom. The Balaban J connectivity index is 2.10. The molecule has 0 unspecified atom stereocenters. The Hall–Kier alpha value is -2.85. The lowest BCUT2D eigenvalue weighted by molar-refractivity contribution is 0.153. The molecule has 2 amide bonds. The minimum atomic E-state index is -0.242. The molecule has 1 N–H and O–H groups in total.